The molecule has 0 bridgehead atoms. The van der Waals surface area contributed by atoms with Gasteiger partial charge in [0.25, 0.3) is 0 Å². The summed E-state index contributed by atoms with van der Waals surface area (Å²) in [5.41, 5.74) is 2.95. The predicted octanol–water partition coefficient (Wildman–Crippen LogP) is 5.35. The quantitative estimate of drug-likeness (QED) is 0.737. The second kappa shape index (κ2) is 7.12. The van der Waals surface area contributed by atoms with Gasteiger partial charge in [0.15, 0.2) is 5.11 Å². The van der Waals surface area contributed by atoms with E-state index in [1.165, 1.54) is 0 Å². The lowest BCUT2D eigenvalue weighted by Gasteiger charge is -2.18. The molecule has 0 aliphatic carbocycles. The number of thiocarbonyl (C=S) groups is 1. The van der Waals surface area contributed by atoms with Crippen LogP contribution in [0.4, 0.5) is 5.69 Å². The molecule has 0 heterocycles. The highest BCUT2D eigenvalue weighted by Crippen LogP contribution is 2.23. The van der Waals surface area contributed by atoms with Crippen LogP contribution in [0.3, 0.4) is 0 Å². The van der Waals surface area contributed by atoms with Crippen LogP contribution >= 0.6 is 35.4 Å². The smallest absolute Gasteiger partial charge is 0.171 e. The molecule has 2 aromatic rings. The van der Waals surface area contributed by atoms with Gasteiger partial charge in [-0.15, -0.1) is 0 Å². The van der Waals surface area contributed by atoms with Gasteiger partial charge in [0.05, 0.1) is 6.04 Å². The minimum Gasteiger partial charge on any atom is -0.356 e. The maximum atomic E-state index is 6.10. The predicted molar refractivity (Wildman–Crippen MR) is 95.4 cm³/mol. The molecule has 1 atom stereocenters. The van der Waals surface area contributed by atoms with E-state index in [0.717, 1.165) is 16.8 Å². The van der Waals surface area contributed by atoms with Crippen molar-refractivity contribution in [2.24, 2.45) is 0 Å². The lowest BCUT2D eigenvalue weighted by Crippen LogP contribution is -2.31. The molecule has 2 nitrogen and oxygen atoms in total. The molecule has 0 unspecified atom stereocenters. The molecular weight excluding hydrogens is 323 g/mol. The molecule has 21 heavy (non-hydrogen) atoms. The first-order chi connectivity index (χ1) is 9.97. The van der Waals surface area contributed by atoms with Gasteiger partial charge in [-0.05, 0) is 61.5 Å². The van der Waals surface area contributed by atoms with Gasteiger partial charge in [-0.1, -0.05) is 41.4 Å². The van der Waals surface area contributed by atoms with E-state index in [1.54, 1.807) is 0 Å². The number of rotatable bonds is 3. The van der Waals surface area contributed by atoms with Crippen molar-refractivity contribution in [2.75, 3.05) is 5.32 Å². The fourth-order valence-corrected chi connectivity index (χ4v) is 2.62. The maximum Gasteiger partial charge on any atom is 0.171 e. The summed E-state index contributed by atoms with van der Waals surface area (Å²) in [5, 5.41) is 8.38. The van der Waals surface area contributed by atoms with E-state index in [2.05, 4.69) is 10.6 Å². The second-order valence-corrected chi connectivity index (χ2v) is 6.04. The van der Waals surface area contributed by atoms with Crippen LogP contribution in [-0.2, 0) is 0 Å². The Balaban J connectivity index is 2.03. The van der Waals surface area contributed by atoms with E-state index in [-0.39, 0.29) is 6.04 Å². The fourth-order valence-electron chi connectivity index (χ4n) is 1.96. The van der Waals surface area contributed by atoms with E-state index >= 15 is 0 Å². The maximum absolute atomic E-state index is 6.10. The molecule has 0 fully saturated rings. The largest absolute Gasteiger partial charge is 0.356 e. The van der Waals surface area contributed by atoms with Crippen LogP contribution in [0.15, 0.2) is 42.5 Å². The van der Waals surface area contributed by atoms with Crippen molar-refractivity contribution in [2.45, 2.75) is 19.9 Å². The normalized spacial score (nSPS) is 11.8. The van der Waals surface area contributed by atoms with Gasteiger partial charge in [-0.2, -0.15) is 0 Å². The molecular formula is C16H16Cl2N2S. The molecule has 0 amide bonds. The van der Waals surface area contributed by atoms with Crippen LogP contribution in [0.25, 0.3) is 0 Å². The summed E-state index contributed by atoms with van der Waals surface area (Å²) in [5.74, 6) is 0. The first-order valence-electron chi connectivity index (χ1n) is 6.55. The summed E-state index contributed by atoms with van der Waals surface area (Å²) in [6, 6.07) is 13.5. The van der Waals surface area contributed by atoms with Crippen LogP contribution in [0.1, 0.15) is 24.1 Å². The van der Waals surface area contributed by atoms with Gasteiger partial charge in [0.2, 0.25) is 0 Å². The molecule has 2 rings (SSSR count). The highest BCUT2D eigenvalue weighted by molar-refractivity contribution is 7.80. The first kappa shape index (κ1) is 16.1. The summed E-state index contributed by atoms with van der Waals surface area (Å²) in [6.45, 7) is 3.98. The molecule has 110 valence electrons. The summed E-state index contributed by atoms with van der Waals surface area (Å²) in [6.07, 6.45) is 0. The molecule has 0 aliphatic heterocycles. The van der Waals surface area contributed by atoms with Gasteiger partial charge in [-0.25, -0.2) is 0 Å². The lowest BCUT2D eigenvalue weighted by molar-refractivity contribution is 0.722. The molecule has 0 saturated heterocycles. The zero-order chi connectivity index (χ0) is 15.4. The summed E-state index contributed by atoms with van der Waals surface area (Å²) < 4.78 is 0. The Labute approximate surface area is 140 Å². The molecule has 2 aromatic carbocycles. The van der Waals surface area contributed by atoms with Crippen molar-refractivity contribution in [1.29, 1.82) is 0 Å². The molecule has 0 spiro atoms. The van der Waals surface area contributed by atoms with Gasteiger partial charge in [0, 0.05) is 15.7 Å². The highest BCUT2D eigenvalue weighted by Gasteiger charge is 2.09. The average Bonchev–Trinajstić information content (AvgIpc) is 2.44. The third-order valence-corrected chi connectivity index (χ3v) is 4.08. The molecule has 0 aliphatic rings. The van der Waals surface area contributed by atoms with Crippen LogP contribution in [0.5, 0.6) is 0 Å². The van der Waals surface area contributed by atoms with Crippen molar-refractivity contribution < 1.29 is 0 Å². The van der Waals surface area contributed by atoms with Gasteiger partial charge in [0.1, 0.15) is 0 Å². The molecule has 5 heteroatoms. The fraction of sp³-hybridized carbons (Fsp3) is 0.188. The van der Waals surface area contributed by atoms with Crippen LogP contribution in [0, 0.1) is 6.92 Å². The van der Waals surface area contributed by atoms with Gasteiger partial charge in [-0.3, -0.25) is 0 Å². The van der Waals surface area contributed by atoms with Crippen LogP contribution < -0.4 is 10.6 Å². The average molecular weight is 339 g/mol. The monoisotopic (exact) mass is 338 g/mol. The minimum atomic E-state index is 0.0585. The zero-order valence-electron chi connectivity index (χ0n) is 11.8. The molecule has 0 aromatic heterocycles. The number of hydrogen-bond acceptors (Lipinski definition) is 1. The minimum absolute atomic E-state index is 0.0585. The SMILES string of the molecule is Cc1c(Cl)cccc1NC(=S)N[C@@H](C)c1cccc(Cl)c1. The van der Waals surface area contributed by atoms with Crippen molar-refractivity contribution in [1.82, 2.24) is 5.32 Å². The summed E-state index contributed by atoms with van der Waals surface area (Å²) in [7, 11) is 0. The standard InChI is InChI=1S/C16H16Cl2N2S/c1-10-14(18)7-4-8-15(10)20-16(21)19-11(2)12-5-3-6-13(17)9-12/h3-9,11H,1-2H3,(H2,19,20,21)/t11-/m0/s1. The van der Waals surface area contributed by atoms with Gasteiger partial charge >= 0.3 is 0 Å². The Hall–Kier alpha value is -1.29. The van der Waals surface area contributed by atoms with E-state index in [1.807, 2.05) is 56.3 Å². The van der Waals surface area contributed by atoms with Crippen molar-refractivity contribution in [3.8, 4) is 0 Å². The van der Waals surface area contributed by atoms with Crippen molar-refractivity contribution >= 4 is 46.2 Å². The van der Waals surface area contributed by atoms with Gasteiger partial charge < -0.3 is 10.6 Å². The van der Waals surface area contributed by atoms with E-state index in [0.29, 0.717) is 15.2 Å². The van der Waals surface area contributed by atoms with Crippen LogP contribution in [0.2, 0.25) is 10.0 Å². The number of nitrogens with one attached hydrogen (secondary N) is 2. The summed E-state index contributed by atoms with van der Waals surface area (Å²) >= 11 is 17.5. The Bertz CT molecular complexity index is 658. The van der Waals surface area contributed by atoms with E-state index in [9.17, 15) is 0 Å². The Morgan fingerprint density at radius 2 is 1.86 bits per heavy atom. The Kier molecular flexibility index (Phi) is 5.45. The second-order valence-electron chi connectivity index (χ2n) is 4.79. The van der Waals surface area contributed by atoms with Crippen molar-refractivity contribution in [3.63, 3.8) is 0 Å². The first-order valence-corrected chi connectivity index (χ1v) is 7.72. The molecule has 2 N–H and O–H groups in total. The number of halogens is 2. The number of benzene rings is 2. The van der Waals surface area contributed by atoms with E-state index < -0.39 is 0 Å². The highest BCUT2D eigenvalue weighted by atomic mass is 35.5. The molecule has 0 saturated carbocycles. The third kappa shape index (κ3) is 4.34. The molecule has 0 radical (unpaired) electrons. The summed E-state index contributed by atoms with van der Waals surface area (Å²) in [4.78, 5) is 0. The zero-order valence-corrected chi connectivity index (χ0v) is 14.1. The van der Waals surface area contributed by atoms with Crippen LogP contribution in [-0.4, -0.2) is 5.11 Å². The number of anilines is 1. The lowest BCUT2D eigenvalue weighted by atomic mass is 10.1. The third-order valence-electron chi connectivity index (χ3n) is 3.21. The Morgan fingerprint density at radius 3 is 2.57 bits per heavy atom. The van der Waals surface area contributed by atoms with Crippen molar-refractivity contribution in [3.05, 3.63) is 63.6 Å². The van der Waals surface area contributed by atoms with E-state index in [4.69, 9.17) is 35.4 Å². The Morgan fingerprint density at radius 1 is 1.14 bits per heavy atom. The number of hydrogen-bond donors (Lipinski definition) is 2. The topological polar surface area (TPSA) is 24.1 Å².